The van der Waals surface area contributed by atoms with Gasteiger partial charge in [0.05, 0.1) is 6.61 Å². The van der Waals surface area contributed by atoms with Crippen LogP contribution in [0.15, 0.2) is 58.6 Å². The second-order valence-electron chi connectivity index (χ2n) is 10.7. The molecule has 0 saturated heterocycles. The number of hydrogen-bond acceptors (Lipinski definition) is 8. The predicted molar refractivity (Wildman–Crippen MR) is 155 cm³/mol. The van der Waals surface area contributed by atoms with Gasteiger partial charge in [-0.05, 0) is 63.4 Å². The number of nitrogens with one attached hydrogen (secondary N) is 1. The molecule has 11 heteroatoms. The molecule has 0 aliphatic carbocycles. The van der Waals surface area contributed by atoms with E-state index in [1.54, 1.807) is 69.3 Å². The summed E-state index contributed by atoms with van der Waals surface area (Å²) >= 11 is 0. The molecule has 0 fully saturated rings. The first-order valence-electron chi connectivity index (χ1n) is 13.9. The Kier molecular flexibility index (Phi) is 11.1. The van der Waals surface area contributed by atoms with Gasteiger partial charge in [-0.15, -0.1) is 0 Å². The topological polar surface area (TPSA) is 155 Å². The number of carbonyl (C=O) groups excluding carboxylic acids is 2. The third kappa shape index (κ3) is 8.45. The normalized spacial score (nSPS) is 18.1. The van der Waals surface area contributed by atoms with E-state index in [2.05, 4.69) is 15.3 Å². The van der Waals surface area contributed by atoms with E-state index in [0.29, 0.717) is 42.1 Å². The van der Waals surface area contributed by atoms with Crippen LogP contribution in [0.1, 0.15) is 77.0 Å². The summed E-state index contributed by atoms with van der Waals surface area (Å²) in [6, 6.07) is 13.9. The number of azide groups is 1. The van der Waals surface area contributed by atoms with E-state index in [9.17, 15) is 15.1 Å². The number of aliphatic imine (C=N–C) groups is 1. The molecule has 11 nitrogen and oxygen atoms in total. The summed E-state index contributed by atoms with van der Waals surface area (Å²) < 4.78 is 17.6. The average Bonchev–Trinajstić information content (AvgIpc) is 3.33. The van der Waals surface area contributed by atoms with E-state index in [1.807, 2.05) is 6.92 Å². The van der Waals surface area contributed by atoms with Crippen molar-refractivity contribution in [3.05, 3.63) is 70.1 Å². The van der Waals surface area contributed by atoms with Crippen molar-refractivity contribution in [2.75, 3.05) is 19.8 Å². The number of ether oxygens (including phenoxy) is 3. The largest absolute Gasteiger partial charge is 0.494 e. The van der Waals surface area contributed by atoms with Gasteiger partial charge in [-0.1, -0.05) is 42.7 Å². The van der Waals surface area contributed by atoms with E-state index < -0.39 is 29.1 Å². The Morgan fingerprint density at radius 1 is 1.17 bits per heavy atom. The van der Waals surface area contributed by atoms with Gasteiger partial charge >= 0.3 is 5.97 Å². The fourth-order valence-corrected chi connectivity index (χ4v) is 4.41. The first kappa shape index (κ1) is 31.4. The maximum atomic E-state index is 14.0. The van der Waals surface area contributed by atoms with Gasteiger partial charge in [-0.25, -0.2) is 4.99 Å². The Bertz CT molecular complexity index is 1270. The van der Waals surface area contributed by atoms with Crippen molar-refractivity contribution in [1.29, 1.82) is 0 Å². The second-order valence-corrected chi connectivity index (χ2v) is 10.7. The third-order valence-electron chi connectivity index (χ3n) is 6.35. The molecular formula is C30H39N5O6. The van der Waals surface area contributed by atoms with Gasteiger partial charge < -0.3 is 24.6 Å². The predicted octanol–water partition coefficient (Wildman–Crippen LogP) is 5.68. The minimum atomic E-state index is -1.54. The molecule has 2 aromatic rings. The Morgan fingerprint density at radius 2 is 1.90 bits per heavy atom. The number of carbonyl (C=O) groups is 2. The lowest BCUT2D eigenvalue weighted by molar-refractivity contribution is -0.155. The van der Waals surface area contributed by atoms with E-state index in [0.717, 1.165) is 12.8 Å². The van der Waals surface area contributed by atoms with Crippen LogP contribution in [0.3, 0.4) is 0 Å². The van der Waals surface area contributed by atoms with Crippen LogP contribution in [-0.2, 0) is 19.1 Å². The van der Waals surface area contributed by atoms with Crippen LogP contribution < -0.4 is 10.1 Å². The smallest absolute Gasteiger partial charge is 0.306 e. The maximum Gasteiger partial charge on any atom is 0.306 e. The van der Waals surface area contributed by atoms with Gasteiger partial charge in [-0.3, -0.25) is 9.59 Å². The lowest BCUT2D eigenvalue weighted by Crippen LogP contribution is -2.49. The van der Waals surface area contributed by atoms with Gasteiger partial charge in [-0.2, -0.15) is 0 Å². The van der Waals surface area contributed by atoms with Crippen molar-refractivity contribution in [3.8, 4) is 5.75 Å². The van der Waals surface area contributed by atoms with E-state index in [1.165, 1.54) is 0 Å². The monoisotopic (exact) mass is 565 g/mol. The molecule has 1 aliphatic rings. The van der Waals surface area contributed by atoms with Crippen LogP contribution in [0, 0.1) is 0 Å². The minimum Gasteiger partial charge on any atom is -0.494 e. The molecule has 0 radical (unpaired) electrons. The van der Waals surface area contributed by atoms with Crippen molar-refractivity contribution in [2.45, 2.75) is 77.0 Å². The van der Waals surface area contributed by atoms with E-state index >= 15 is 0 Å². The van der Waals surface area contributed by atoms with Crippen molar-refractivity contribution in [3.63, 3.8) is 0 Å². The summed E-state index contributed by atoms with van der Waals surface area (Å²) in [5, 5.41) is 15.8. The highest BCUT2D eigenvalue weighted by Gasteiger charge is 2.53. The van der Waals surface area contributed by atoms with Gasteiger partial charge in [0.15, 0.2) is 11.6 Å². The Morgan fingerprint density at radius 3 is 2.56 bits per heavy atom. The van der Waals surface area contributed by atoms with Crippen LogP contribution in [0.2, 0.25) is 0 Å². The van der Waals surface area contributed by atoms with Crippen LogP contribution in [-0.4, -0.2) is 53.8 Å². The minimum absolute atomic E-state index is 0.000987. The molecule has 0 aromatic heterocycles. The standard InChI is InChI=1S/C30H39N5O6/c1-5-6-18-32-28(38)30(17-16-25(37)41-29(2,3)4)26(23-10-7-8-11-24(23)34-35-31)40-27(33-30)21-12-14-22(15-13-21)39-20-9-19-36/h7-8,10-15,26,36H,5-6,9,16-20H2,1-4H3,(H,32,38)/t26-,30-/m1/s1. The SMILES string of the molecule is CCCCNC(=O)[C@]1(CCC(=O)OC(C)(C)C)N=C(c2ccc(OCCCO)cc2)O[C@@H]1c1ccccc1N=[N+]=[N-]. The fraction of sp³-hybridized carbons (Fsp3) is 0.500. The highest BCUT2D eigenvalue weighted by atomic mass is 16.6. The molecule has 2 N–H and O–H groups in total. The number of nitrogens with zero attached hydrogens (tertiary/aromatic N) is 4. The molecular weight excluding hydrogens is 526 g/mol. The Hall–Kier alpha value is -4.08. The Balaban J connectivity index is 2.08. The molecule has 0 bridgehead atoms. The summed E-state index contributed by atoms with van der Waals surface area (Å²) in [7, 11) is 0. The van der Waals surface area contributed by atoms with Crippen molar-refractivity contribution in [1.82, 2.24) is 5.32 Å². The number of amides is 1. The third-order valence-corrected chi connectivity index (χ3v) is 6.35. The van der Waals surface area contributed by atoms with E-state index in [-0.39, 0.29) is 25.3 Å². The molecule has 0 saturated carbocycles. The second kappa shape index (κ2) is 14.5. The molecule has 1 amide bonds. The first-order valence-corrected chi connectivity index (χ1v) is 13.9. The van der Waals surface area contributed by atoms with Gasteiger partial charge in [0.25, 0.3) is 5.91 Å². The van der Waals surface area contributed by atoms with Crippen LogP contribution in [0.4, 0.5) is 5.69 Å². The number of aliphatic hydroxyl groups excluding tert-OH is 1. The van der Waals surface area contributed by atoms with Gasteiger partial charge in [0.2, 0.25) is 5.90 Å². The molecule has 2 atom stereocenters. The highest BCUT2D eigenvalue weighted by Crippen LogP contribution is 2.46. The lowest BCUT2D eigenvalue weighted by atomic mass is 9.82. The zero-order valence-electron chi connectivity index (χ0n) is 24.1. The number of benzene rings is 2. The highest BCUT2D eigenvalue weighted by molar-refractivity contribution is 6.01. The number of unbranched alkanes of at least 4 members (excludes halogenated alkanes) is 1. The molecule has 1 heterocycles. The number of rotatable bonds is 14. The fourth-order valence-electron chi connectivity index (χ4n) is 4.41. The number of aliphatic hydroxyl groups is 1. The molecule has 2 aromatic carbocycles. The molecule has 3 rings (SSSR count). The lowest BCUT2D eigenvalue weighted by Gasteiger charge is -2.31. The van der Waals surface area contributed by atoms with E-state index in [4.69, 9.17) is 24.3 Å². The maximum absolute atomic E-state index is 14.0. The zero-order chi connectivity index (χ0) is 29.9. The molecule has 41 heavy (non-hydrogen) atoms. The van der Waals surface area contributed by atoms with Crippen molar-refractivity contribution in [2.24, 2.45) is 10.1 Å². The van der Waals surface area contributed by atoms with Crippen LogP contribution >= 0.6 is 0 Å². The molecule has 0 spiro atoms. The number of esters is 1. The molecule has 220 valence electrons. The summed E-state index contributed by atoms with van der Waals surface area (Å²) in [5.74, 6) is -0.0374. The molecule has 1 aliphatic heterocycles. The summed E-state index contributed by atoms with van der Waals surface area (Å²) in [6.45, 7) is 8.20. The van der Waals surface area contributed by atoms with Crippen molar-refractivity contribution < 1.29 is 28.9 Å². The average molecular weight is 566 g/mol. The first-order chi connectivity index (χ1) is 19.6. The number of hydrogen-bond donors (Lipinski definition) is 2. The zero-order valence-corrected chi connectivity index (χ0v) is 24.1. The molecule has 0 unspecified atom stereocenters. The van der Waals surface area contributed by atoms with Gasteiger partial charge in [0, 0.05) is 47.7 Å². The van der Waals surface area contributed by atoms with Crippen LogP contribution in [0.5, 0.6) is 5.75 Å². The summed E-state index contributed by atoms with van der Waals surface area (Å²) in [5.41, 5.74) is 8.35. The summed E-state index contributed by atoms with van der Waals surface area (Å²) in [4.78, 5) is 34.6. The van der Waals surface area contributed by atoms with Crippen molar-refractivity contribution >= 4 is 23.5 Å². The van der Waals surface area contributed by atoms with Crippen LogP contribution in [0.25, 0.3) is 10.4 Å². The Labute approximate surface area is 240 Å². The summed E-state index contributed by atoms with van der Waals surface area (Å²) in [6.07, 6.45) is 1.09. The van der Waals surface area contributed by atoms with Gasteiger partial charge in [0.1, 0.15) is 11.4 Å². The quantitative estimate of drug-likeness (QED) is 0.0986.